The van der Waals surface area contributed by atoms with Crippen LogP contribution in [0.2, 0.25) is 5.02 Å². The molecule has 1 atom stereocenters. The third-order valence-corrected chi connectivity index (χ3v) is 6.85. The number of hydrogen-bond donors (Lipinski definition) is 1. The predicted molar refractivity (Wildman–Crippen MR) is 146 cm³/mol. The van der Waals surface area contributed by atoms with Gasteiger partial charge in [0.05, 0.1) is 22.5 Å². The zero-order chi connectivity index (χ0) is 25.8. The van der Waals surface area contributed by atoms with E-state index >= 15 is 0 Å². The molecule has 1 N–H and O–H groups in total. The fourth-order valence-corrected chi connectivity index (χ4v) is 4.76. The van der Waals surface area contributed by atoms with E-state index in [-0.39, 0.29) is 16.9 Å². The minimum atomic E-state index is -0.494. The summed E-state index contributed by atoms with van der Waals surface area (Å²) in [4.78, 5) is 2.02. The SMILES string of the molecule is Fc1ccc(-c2nn(-c3ccccc3)cc2CN(C[C@@H]2CCCO2)C(=S)Nc2ccc(F)c(Cl)c2)cc1. The first-order valence-corrected chi connectivity index (χ1v) is 12.8. The molecular formula is C28H25ClF2N4OS. The molecule has 5 rings (SSSR count). The Labute approximate surface area is 224 Å². The summed E-state index contributed by atoms with van der Waals surface area (Å²) < 4.78 is 35.1. The number of rotatable bonds is 7. The first kappa shape index (κ1) is 25.3. The van der Waals surface area contributed by atoms with E-state index in [1.165, 1.54) is 24.3 Å². The van der Waals surface area contributed by atoms with Crippen molar-refractivity contribution >= 4 is 34.6 Å². The second-order valence-electron chi connectivity index (χ2n) is 8.86. The van der Waals surface area contributed by atoms with Crippen LogP contribution < -0.4 is 5.32 Å². The highest BCUT2D eigenvalue weighted by Crippen LogP contribution is 2.27. The molecule has 5 nitrogen and oxygen atoms in total. The van der Waals surface area contributed by atoms with E-state index in [2.05, 4.69) is 5.32 Å². The van der Waals surface area contributed by atoms with Gasteiger partial charge in [0, 0.05) is 42.7 Å². The van der Waals surface area contributed by atoms with Gasteiger partial charge in [-0.25, -0.2) is 13.5 Å². The third-order valence-electron chi connectivity index (χ3n) is 6.20. The summed E-state index contributed by atoms with van der Waals surface area (Å²) in [5.41, 5.74) is 3.94. The van der Waals surface area contributed by atoms with Crippen LogP contribution in [0.25, 0.3) is 16.9 Å². The summed E-state index contributed by atoms with van der Waals surface area (Å²) in [6.07, 6.45) is 3.94. The summed E-state index contributed by atoms with van der Waals surface area (Å²) in [5, 5.41) is 8.50. The molecule has 190 valence electrons. The first-order valence-electron chi connectivity index (χ1n) is 12.0. The minimum Gasteiger partial charge on any atom is -0.376 e. The average molecular weight is 539 g/mol. The van der Waals surface area contributed by atoms with Crippen molar-refractivity contribution in [3.63, 3.8) is 0 Å². The summed E-state index contributed by atoms with van der Waals surface area (Å²) >= 11 is 11.8. The van der Waals surface area contributed by atoms with Gasteiger partial charge < -0.3 is 15.0 Å². The molecule has 3 aromatic carbocycles. The fraction of sp³-hybridized carbons (Fsp3) is 0.214. The summed E-state index contributed by atoms with van der Waals surface area (Å²) in [5.74, 6) is -0.803. The average Bonchev–Trinajstić information content (AvgIpc) is 3.57. The van der Waals surface area contributed by atoms with E-state index in [1.807, 2.05) is 46.1 Å². The summed E-state index contributed by atoms with van der Waals surface area (Å²) in [6.45, 7) is 1.72. The predicted octanol–water partition coefficient (Wildman–Crippen LogP) is 6.85. The van der Waals surface area contributed by atoms with E-state index in [0.717, 1.165) is 42.0 Å². The number of benzene rings is 3. The molecule has 1 aliphatic heterocycles. The quantitative estimate of drug-likeness (QED) is 0.261. The van der Waals surface area contributed by atoms with Gasteiger partial charge in [-0.05, 0) is 79.7 Å². The number of halogens is 3. The van der Waals surface area contributed by atoms with E-state index in [9.17, 15) is 8.78 Å². The van der Waals surface area contributed by atoms with Crippen molar-refractivity contribution in [1.82, 2.24) is 14.7 Å². The molecule has 1 aliphatic rings. The van der Waals surface area contributed by atoms with Crippen molar-refractivity contribution in [3.05, 3.63) is 101 Å². The van der Waals surface area contributed by atoms with Crippen LogP contribution in [0.4, 0.5) is 14.5 Å². The van der Waals surface area contributed by atoms with Crippen LogP contribution in [0, 0.1) is 11.6 Å². The van der Waals surface area contributed by atoms with Gasteiger partial charge in [-0.3, -0.25) is 0 Å². The Kier molecular flexibility index (Phi) is 7.79. The van der Waals surface area contributed by atoms with Crippen molar-refractivity contribution in [2.24, 2.45) is 0 Å². The van der Waals surface area contributed by atoms with Crippen LogP contribution in [-0.2, 0) is 11.3 Å². The van der Waals surface area contributed by atoms with Crippen LogP contribution in [0.15, 0.2) is 79.0 Å². The van der Waals surface area contributed by atoms with Crippen LogP contribution in [-0.4, -0.2) is 39.0 Å². The molecule has 0 radical (unpaired) electrons. The van der Waals surface area contributed by atoms with Gasteiger partial charge >= 0.3 is 0 Å². The molecule has 0 amide bonds. The maximum atomic E-state index is 13.7. The van der Waals surface area contributed by atoms with Crippen molar-refractivity contribution in [2.75, 3.05) is 18.5 Å². The van der Waals surface area contributed by atoms with Crippen molar-refractivity contribution in [3.8, 4) is 16.9 Å². The van der Waals surface area contributed by atoms with Crippen LogP contribution in [0.1, 0.15) is 18.4 Å². The standard InChI is InChI=1S/C28H25ClF2N4OS/c29-25-15-22(12-13-26(25)31)32-28(37)34(18-24-7-4-14-36-24)16-20-17-35(23-5-2-1-3-6-23)33-27(20)19-8-10-21(30)11-9-19/h1-3,5-6,8-13,15,17,24H,4,7,14,16,18H2,(H,32,37)/t24-/m0/s1. The van der Waals surface area contributed by atoms with Gasteiger partial charge in [0.25, 0.3) is 0 Å². The molecule has 1 fully saturated rings. The Hall–Kier alpha value is -3.33. The molecular weight excluding hydrogens is 514 g/mol. The Bertz CT molecular complexity index is 1370. The smallest absolute Gasteiger partial charge is 0.173 e. The number of nitrogens with zero attached hydrogens (tertiary/aromatic N) is 3. The van der Waals surface area contributed by atoms with Gasteiger partial charge in [0.15, 0.2) is 5.11 Å². The lowest BCUT2D eigenvalue weighted by molar-refractivity contribution is 0.0905. The Morgan fingerprint density at radius 1 is 1.11 bits per heavy atom. The van der Waals surface area contributed by atoms with E-state index < -0.39 is 5.82 Å². The molecule has 2 heterocycles. The van der Waals surface area contributed by atoms with Gasteiger partial charge in [0.2, 0.25) is 0 Å². The molecule has 0 unspecified atom stereocenters. The second kappa shape index (κ2) is 11.4. The van der Waals surface area contributed by atoms with Gasteiger partial charge in [-0.15, -0.1) is 0 Å². The largest absolute Gasteiger partial charge is 0.376 e. The fourth-order valence-electron chi connectivity index (χ4n) is 4.32. The third kappa shape index (κ3) is 6.15. The Morgan fingerprint density at radius 3 is 2.59 bits per heavy atom. The van der Waals surface area contributed by atoms with E-state index in [1.54, 1.807) is 18.2 Å². The molecule has 1 saturated heterocycles. The monoisotopic (exact) mass is 538 g/mol. The zero-order valence-corrected chi connectivity index (χ0v) is 21.5. The lowest BCUT2D eigenvalue weighted by atomic mass is 10.1. The topological polar surface area (TPSA) is 42.3 Å². The molecule has 0 aliphatic carbocycles. The van der Waals surface area contributed by atoms with Gasteiger partial charge in [0.1, 0.15) is 11.6 Å². The normalized spacial score (nSPS) is 15.1. The molecule has 0 bridgehead atoms. The maximum absolute atomic E-state index is 13.7. The molecule has 37 heavy (non-hydrogen) atoms. The highest BCUT2D eigenvalue weighted by atomic mass is 35.5. The number of hydrogen-bond acceptors (Lipinski definition) is 3. The minimum absolute atomic E-state index is 0.0150. The Balaban J connectivity index is 1.48. The lowest BCUT2D eigenvalue weighted by Gasteiger charge is -2.28. The maximum Gasteiger partial charge on any atom is 0.173 e. The number of anilines is 1. The molecule has 0 spiro atoms. The molecule has 9 heteroatoms. The number of ether oxygens (including phenoxy) is 1. The first-order chi connectivity index (χ1) is 18.0. The Morgan fingerprint density at radius 2 is 1.89 bits per heavy atom. The van der Waals surface area contributed by atoms with Crippen molar-refractivity contribution in [1.29, 1.82) is 0 Å². The molecule has 1 aromatic heterocycles. The van der Waals surface area contributed by atoms with E-state index in [4.69, 9.17) is 33.7 Å². The van der Waals surface area contributed by atoms with Crippen molar-refractivity contribution < 1.29 is 13.5 Å². The highest BCUT2D eigenvalue weighted by molar-refractivity contribution is 7.80. The summed E-state index contributed by atoms with van der Waals surface area (Å²) in [7, 11) is 0. The van der Waals surface area contributed by atoms with Crippen molar-refractivity contribution in [2.45, 2.75) is 25.5 Å². The molecule has 4 aromatic rings. The molecule has 0 saturated carbocycles. The van der Waals surface area contributed by atoms with E-state index in [0.29, 0.717) is 23.9 Å². The van der Waals surface area contributed by atoms with Gasteiger partial charge in [-0.2, -0.15) is 5.10 Å². The zero-order valence-electron chi connectivity index (χ0n) is 19.9. The van der Waals surface area contributed by atoms with Crippen LogP contribution in [0.5, 0.6) is 0 Å². The van der Waals surface area contributed by atoms with Gasteiger partial charge in [-0.1, -0.05) is 29.8 Å². The van der Waals surface area contributed by atoms with Crippen LogP contribution in [0.3, 0.4) is 0 Å². The summed E-state index contributed by atoms with van der Waals surface area (Å²) in [6, 6.07) is 20.5. The number of aromatic nitrogens is 2. The van der Waals surface area contributed by atoms with Crippen LogP contribution >= 0.6 is 23.8 Å². The lowest BCUT2D eigenvalue weighted by Crippen LogP contribution is -2.39. The second-order valence-corrected chi connectivity index (χ2v) is 9.66. The number of nitrogens with one attached hydrogen (secondary N) is 1. The number of thiocarbonyl (C=S) groups is 1. The highest BCUT2D eigenvalue weighted by Gasteiger charge is 2.24. The number of para-hydroxylation sites is 1.